The molecule has 3 nitrogen and oxygen atoms in total. The summed E-state index contributed by atoms with van der Waals surface area (Å²) in [5.74, 6) is 0.848. The zero-order valence-corrected chi connectivity index (χ0v) is 12.5. The van der Waals surface area contributed by atoms with Gasteiger partial charge < -0.3 is 10.5 Å². The van der Waals surface area contributed by atoms with Crippen molar-refractivity contribution in [3.8, 4) is 17.0 Å². The van der Waals surface area contributed by atoms with Gasteiger partial charge in [-0.3, -0.25) is 0 Å². The van der Waals surface area contributed by atoms with Crippen molar-refractivity contribution in [2.24, 2.45) is 5.73 Å². The van der Waals surface area contributed by atoms with E-state index in [1.54, 1.807) is 11.3 Å². The molecule has 2 rings (SSSR count). The lowest BCUT2D eigenvalue weighted by molar-refractivity contribution is 0.328. The molecule has 4 heteroatoms. The number of benzene rings is 1. The molecule has 2 N–H and O–H groups in total. The number of rotatable bonds is 4. The van der Waals surface area contributed by atoms with E-state index >= 15 is 0 Å². The van der Waals surface area contributed by atoms with Gasteiger partial charge in [0.2, 0.25) is 0 Å². The molecule has 0 atom stereocenters. The zero-order chi connectivity index (χ0) is 13.9. The van der Waals surface area contributed by atoms with Gasteiger partial charge in [-0.2, -0.15) is 0 Å². The summed E-state index contributed by atoms with van der Waals surface area (Å²) in [4.78, 5) is 4.70. The molecule has 1 aromatic heterocycles. The SMILES string of the molecule is CC(C)(C)c1nc(-c2ccc(OCCN)cc2)cs1. The van der Waals surface area contributed by atoms with Crippen LogP contribution in [0.3, 0.4) is 0 Å². The van der Waals surface area contributed by atoms with E-state index in [1.807, 2.05) is 24.3 Å². The van der Waals surface area contributed by atoms with E-state index < -0.39 is 0 Å². The number of hydrogen-bond donors (Lipinski definition) is 1. The molecule has 102 valence electrons. The number of nitrogens with zero attached hydrogens (tertiary/aromatic N) is 1. The maximum absolute atomic E-state index is 5.46. The largest absolute Gasteiger partial charge is 0.492 e. The van der Waals surface area contributed by atoms with Crippen molar-refractivity contribution < 1.29 is 4.74 Å². The lowest BCUT2D eigenvalue weighted by atomic mass is 9.98. The third-order valence-electron chi connectivity index (χ3n) is 2.68. The maximum atomic E-state index is 5.46. The molecule has 19 heavy (non-hydrogen) atoms. The predicted molar refractivity (Wildman–Crippen MR) is 80.8 cm³/mol. The van der Waals surface area contributed by atoms with Crippen LogP contribution in [-0.2, 0) is 5.41 Å². The average Bonchev–Trinajstić information content (AvgIpc) is 2.86. The van der Waals surface area contributed by atoms with E-state index in [1.165, 1.54) is 0 Å². The maximum Gasteiger partial charge on any atom is 0.119 e. The van der Waals surface area contributed by atoms with Crippen molar-refractivity contribution in [3.05, 3.63) is 34.7 Å². The van der Waals surface area contributed by atoms with Crippen LogP contribution in [0.15, 0.2) is 29.6 Å². The minimum Gasteiger partial charge on any atom is -0.492 e. The molecule has 1 aromatic carbocycles. The van der Waals surface area contributed by atoms with Crippen LogP contribution in [0.4, 0.5) is 0 Å². The Hall–Kier alpha value is -1.39. The Kier molecular flexibility index (Phi) is 4.22. The number of hydrogen-bond acceptors (Lipinski definition) is 4. The summed E-state index contributed by atoms with van der Waals surface area (Å²) in [5.41, 5.74) is 7.66. The lowest BCUT2D eigenvalue weighted by Gasteiger charge is -2.13. The second kappa shape index (κ2) is 5.72. The van der Waals surface area contributed by atoms with Gasteiger partial charge in [-0.1, -0.05) is 20.8 Å². The third-order valence-corrected chi connectivity index (χ3v) is 3.95. The van der Waals surface area contributed by atoms with Gasteiger partial charge in [-0.25, -0.2) is 4.98 Å². The fourth-order valence-corrected chi connectivity index (χ4v) is 2.57. The minimum atomic E-state index is 0.104. The first-order valence-corrected chi connectivity index (χ1v) is 7.28. The molecule has 0 saturated heterocycles. The van der Waals surface area contributed by atoms with Crippen molar-refractivity contribution in [2.45, 2.75) is 26.2 Å². The summed E-state index contributed by atoms with van der Waals surface area (Å²) in [6.45, 7) is 7.62. The minimum absolute atomic E-state index is 0.104. The molecule has 0 spiro atoms. The molecule has 0 unspecified atom stereocenters. The summed E-state index contributed by atoms with van der Waals surface area (Å²) in [6, 6.07) is 7.99. The van der Waals surface area contributed by atoms with Crippen molar-refractivity contribution >= 4 is 11.3 Å². The molecule has 1 heterocycles. The predicted octanol–water partition coefficient (Wildman–Crippen LogP) is 3.45. The Balaban J connectivity index is 2.16. The molecule has 0 amide bonds. The van der Waals surface area contributed by atoms with Crippen LogP contribution in [0.5, 0.6) is 5.75 Å². The second-order valence-electron chi connectivity index (χ2n) is 5.45. The van der Waals surface area contributed by atoms with Crippen LogP contribution in [0, 0.1) is 0 Å². The van der Waals surface area contributed by atoms with Crippen LogP contribution in [-0.4, -0.2) is 18.1 Å². The molecule has 0 bridgehead atoms. The van der Waals surface area contributed by atoms with E-state index in [2.05, 4.69) is 26.2 Å². The van der Waals surface area contributed by atoms with Gasteiger partial charge in [0.15, 0.2) is 0 Å². The zero-order valence-electron chi connectivity index (χ0n) is 11.6. The van der Waals surface area contributed by atoms with Gasteiger partial charge in [0.25, 0.3) is 0 Å². The molecular weight excluding hydrogens is 256 g/mol. The third kappa shape index (κ3) is 3.55. The number of aromatic nitrogens is 1. The fraction of sp³-hybridized carbons (Fsp3) is 0.400. The average molecular weight is 276 g/mol. The van der Waals surface area contributed by atoms with E-state index in [-0.39, 0.29) is 5.41 Å². The van der Waals surface area contributed by atoms with E-state index in [0.717, 1.165) is 22.0 Å². The molecule has 0 aliphatic heterocycles. The Bertz CT molecular complexity index is 526. The normalized spacial score (nSPS) is 11.6. The Labute approximate surface area is 118 Å². The van der Waals surface area contributed by atoms with Gasteiger partial charge in [-0.15, -0.1) is 11.3 Å². The van der Waals surface area contributed by atoms with Crippen molar-refractivity contribution in [2.75, 3.05) is 13.2 Å². The van der Waals surface area contributed by atoms with Gasteiger partial charge in [0, 0.05) is 22.9 Å². The number of nitrogens with two attached hydrogens (primary N) is 1. The highest BCUT2D eigenvalue weighted by Crippen LogP contribution is 2.30. The van der Waals surface area contributed by atoms with E-state index in [4.69, 9.17) is 15.5 Å². The van der Waals surface area contributed by atoms with Gasteiger partial charge in [-0.05, 0) is 24.3 Å². The van der Waals surface area contributed by atoms with Crippen LogP contribution >= 0.6 is 11.3 Å². The van der Waals surface area contributed by atoms with Crippen molar-refractivity contribution in [3.63, 3.8) is 0 Å². The van der Waals surface area contributed by atoms with Crippen LogP contribution in [0.2, 0.25) is 0 Å². The number of ether oxygens (including phenoxy) is 1. The van der Waals surface area contributed by atoms with Crippen molar-refractivity contribution in [1.82, 2.24) is 4.98 Å². The smallest absolute Gasteiger partial charge is 0.119 e. The van der Waals surface area contributed by atoms with Gasteiger partial charge in [0.05, 0.1) is 10.7 Å². The molecule has 0 fully saturated rings. The fourth-order valence-electron chi connectivity index (χ4n) is 1.65. The van der Waals surface area contributed by atoms with Crippen LogP contribution in [0.25, 0.3) is 11.3 Å². The summed E-state index contributed by atoms with van der Waals surface area (Å²) in [6.07, 6.45) is 0. The first kappa shape index (κ1) is 14.0. The summed E-state index contributed by atoms with van der Waals surface area (Å²) >= 11 is 1.71. The van der Waals surface area contributed by atoms with E-state index in [9.17, 15) is 0 Å². The Morgan fingerprint density at radius 3 is 2.42 bits per heavy atom. The molecule has 0 radical (unpaired) electrons. The molecule has 0 aliphatic rings. The number of thiazole rings is 1. The molecule has 2 aromatic rings. The first-order chi connectivity index (χ1) is 9.00. The Morgan fingerprint density at radius 1 is 1.21 bits per heavy atom. The summed E-state index contributed by atoms with van der Waals surface area (Å²) in [5, 5.41) is 3.27. The lowest BCUT2D eigenvalue weighted by Crippen LogP contribution is -2.10. The first-order valence-electron chi connectivity index (χ1n) is 6.40. The highest BCUT2D eigenvalue weighted by Gasteiger charge is 2.18. The monoisotopic (exact) mass is 276 g/mol. The highest BCUT2D eigenvalue weighted by molar-refractivity contribution is 7.10. The molecule has 0 aliphatic carbocycles. The standard InChI is InChI=1S/C15H20N2OS/c1-15(2,3)14-17-13(10-19-14)11-4-6-12(7-5-11)18-9-8-16/h4-7,10H,8-9,16H2,1-3H3. The second-order valence-corrected chi connectivity index (χ2v) is 6.31. The van der Waals surface area contributed by atoms with Crippen LogP contribution in [0.1, 0.15) is 25.8 Å². The molecular formula is C15H20N2OS. The van der Waals surface area contributed by atoms with E-state index in [0.29, 0.717) is 13.2 Å². The van der Waals surface area contributed by atoms with Crippen molar-refractivity contribution in [1.29, 1.82) is 0 Å². The summed E-state index contributed by atoms with van der Waals surface area (Å²) < 4.78 is 5.46. The highest BCUT2D eigenvalue weighted by atomic mass is 32.1. The Morgan fingerprint density at radius 2 is 1.89 bits per heavy atom. The topological polar surface area (TPSA) is 48.1 Å². The quantitative estimate of drug-likeness (QED) is 0.930. The van der Waals surface area contributed by atoms with Crippen LogP contribution < -0.4 is 10.5 Å². The summed E-state index contributed by atoms with van der Waals surface area (Å²) in [7, 11) is 0. The van der Waals surface area contributed by atoms with Gasteiger partial charge >= 0.3 is 0 Å². The van der Waals surface area contributed by atoms with Gasteiger partial charge in [0.1, 0.15) is 12.4 Å². The molecule has 0 saturated carbocycles.